The molecule has 5 aromatic rings. The summed E-state index contributed by atoms with van der Waals surface area (Å²) < 4.78 is 15.3. The van der Waals surface area contributed by atoms with Crippen molar-refractivity contribution >= 4 is 50.2 Å². The zero-order chi connectivity index (χ0) is 30.5. The number of nitrogens with one attached hydrogen (secondary N) is 1. The lowest BCUT2D eigenvalue weighted by Gasteiger charge is -2.29. The number of ether oxygens (including phenoxy) is 2. The van der Waals surface area contributed by atoms with Crippen LogP contribution in [0.1, 0.15) is 63.2 Å². The second-order valence-electron chi connectivity index (χ2n) is 12.1. The standard InChI is InChI=1S/C34H37ClN4O3S/c1-7-41-33(40)30(42-34(4,5)6)28-19(2)16-26-31(29(28)21-8-11-23(35)12-9-21)43-32(38-26)22-10-13-25-27(17-22)39(20(3)37-25)24-14-15-36-18-24/h8-13,16-17,24,30,36H,7,14-15,18H2,1-6H3/t24-,30?/m0/s1. The van der Waals surface area contributed by atoms with Crippen molar-refractivity contribution in [3.8, 4) is 21.7 Å². The summed E-state index contributed by atoms with van der Waals surface area (Å²) in [6.07, 6.45) is 0.178. The summed E-state index contributed by atoms with van der Waals surface area (Å²) in [5.74, 6) is 0.620. The molecular formula is C34H37ClN4O3S. The van der Waals surface area contributed by atoms with Crippen molar-refractivity contribution in [2.45, 2.75) is 65.7 Å². The molecule has 6 rings (SSSR count). The Hall–Kier alpha value is -3.30. The Morgan fingerprint density at radius 3 is 2.51 bits per heavy atom. The molecule has 1 fully saturated rings. The number of imidazole rings is 1. The van der Waals surface area contributed by atoms with E-state index in [1.165, 1.54) is 0 Å². The molecule has 0 amide bonds. The highest BCUT2D eigenvalue weighted by Gasteiger charge is 2.33. The first kappa shape index (κ1) is 29.8. The van der Waals surface area contributed by atoms with E-state index in [-0.39, 0.29) is 6.61 Å². The van der Waals surface area contributed by atoms with Gasteiger partial charge in [-0.2, -0.15) is 0 Å². The van der Waals surface area contributed by atoms with Gasteiger partial charge in [0, 0.05) is 34.3 Å². The number of thiazole rings is 1. The molecule has 0 saturated carbocycles. The van der Waals surface area contributed by atoms with Crippen molar-refractivity contribution in [3.05, 3.63) is 70.5 Å². The van der Waals surface area contributed by atoms with Crippen LogP contribution in [0.2, 0.25) is 5.02 Å². The monoisotopic (exact) mass is 616 g/mol. The highest BCUT2D eigenvalue weighted by atomic mass is 35.5. The number of aryl methyl sites for hydroxylation is 2. The van der Waals surface area contributed by atoms with Gasteiger partial charge < -0.3 is 19.4 Å². The lowest BCUT2D eigenvalue weighted by atomic mass is 9.91. The summed E-state index contributed by atoms with van der Waals surface area (Å²) in [4.78, 5) is 23.4. The number of fused-ring (bicyclic) bond motifs is 2. The molecule has 43 heavy (non-hydrogen) atoms. The van der Waals surface area contributed by atoms with Crippen molar-refractivity contribution in [3.63, 3.8) is 0 Å². The largest absolute Gasteiger partial charge is 0.464 e. The van der Waals surface area contributed by atoms with Crippen LogP contribution in [0.3, 0.4) is 0 Å². The van der Waals surface area contributed by atoms with Crippen LogP contribution in [0.4, 0.5) is 0 Å². The first-order valence-corrected chi connectivity index (χ1v) is 16.0. The van der Waals surface area contributed by atoms with Gasteiger partial charge in [-0.1, -0.05) is 23.7 Å². The zero-order valence-electron chi connectivity index (χ0n) is 25.5. The molecule has 9 heteroatoms. The van der Waals surface area contributed by atoms with Gasteiger partial charge >= 0.3 is 5.97 Å². The molecule has 224 valence electrons. The normalized spacial score (nSPS) is 16.3. The number of hydrogen-bond acceptors (Lipinski definition) is 7. The van der Waals surface area contributed by atoms with Gasteiger partial charge in [0.1, 0.15) is 10.8 Å². The van der Waals surface area contributed by atoms with Gasteiger partial charge in [-0.3, -0.25) is 0 Å². The maximum absolute atomic E-state index is 13.4. The molecule has 1 N–H and O–H groups in total. The maximum atomic E-state index is 13.4. The van der Waals surface area contributed by atoms with E-state index in [2.05, 4.69) is 41.1 Å². The molecule has 3 aromatic carbocycles. The van der Waals surface area contributed by atoms with E-state index in [1.54, 1.807) is 11.3 Å². The molecule has 0 radical (unpaired) electrons. The van der Waals surface area contributed by atoms with E-state index < -0.39 is 17.7 Å². The number of esters is 1. The Labute approximate surface area is 261 Å². The van der Waals surface area contributed by atoms with E-state index in [0.717, 1.165) is 79.4 Å². The van der Waals surface area contributed by atoms with Gasteiger partial charge in [0.05, 0.1) is 33.5 Å². The third-order valence-electron chi connectivity index (χ3n) is 7.81. The Kier molecular flexibility index (Phi) is 8.07. The Bertz CT molecular complexity index is 1810. The average Bonchev–Trinajstić information content (AvgIpc) is 3.69. The average molecular weight is 617 g/mol. The summed E-state index contributed by atoms with van der Waals surface area (Å²) in [6, 6.07) is 16.6. The van der Waals surface area contributed by atoms with Crippen LogP contribution in [0.25, 0.3) is 42.9 Å². The van der Waals surface area contributed by atoms with Crippen LogP contribution < -0.4 is 5.32 Å². The number of aromatic nitrogens is 3. The summed E-state index contributed by atoms with van der Waals surface area (Å²) >= 11 is 7.92. The van der Waals surface area contributed by atoms with Crippen LogP contribution in [-0.4, -0.2) is 45.8 Å². The van der Waals surface area contributed by atoms with Gasteiger partial charge in [-0.15, -0.1) is 11.3 Å². The fraction of sp³-hybridized carbons (Fsp3) is 0.382. The third-order valence-corrected chi connectivity index (χ3v) is 9.20. The predicted octanol–water partition coefficient (Wildman–Crippen LogP) is 8.20. The van der Waals surface area contributed by atoms with Crippen molar-refractivity contribution in [1.82, 2.24) is 19.9 Å². The van der Waals surface area contributed by atoms with Gasteiger partial charge in [-0.25, -0.2) is 14.8 Å². The van der Waals surface area contributed by atoms with Crippen LogP contribution in [0.5, 0.6) is 0 Å². The lowest BCUT2D eigenvalue weighted by Crippen LogP contribution is -2.29. The van der Waals surface area contributed by atoms with Crippen molar-refractivity contribution in [2.24, 2.45) is 0 Å². The molecule has 0 spiro atoms. The fourth-order valence-corrected chi connectivity index (χ4v) is 7.29. The summed E-state index contributed by atoms with van der Waals surface area (Å²) in [7, 11) is 0. The first-order chi connectivity index (χ1) is 20.5. The molecule has 2 aromatic heterocycles. The van der Waals surface area contributed by atoms with E-state index in [1.807, 2.05) is 58.9 Å². The predicted molar refractivity (Wildman–Crippen MR) is 175 cm³/mol. The second-order valence-corrected chi connectivity index (χ2v) is 13.5. The maximum Gasteiger partial charge on any atom is 0.339 e. The number of carbonyl (C=O) groups excluding carboxylic acids is 1. The van der Waals surface area contributed by atoms with Gasteiger partial charge in [-0.05, 0) is 102 Å². The minimum atomic E-state index is -0.908. The minimum Gasteiger partial charge on any atom is -0.464 e. The zero-order valence-corrected chi connectivity index (χ0v) is 27.0. The van der Waals surface area contributed by atoms with E-state index in [9.17, 15) is 4.79 Å². The highest BCUT2D eigenvalue weighted by molar-refractivity contribution is 7.22. The number of halogens is 1. The summed E-state index contributed by atoms with van der Waals surface area (Å²) in [5.41, 5.74) is 6.99. The van der Waals surface area contributed by atoms with Gasteiger partial charge in [0.25, 0.3) is 0 Å². The topological polar surface area (TPSA) is 78.3 Å². The molecular weight excluding hydrogens is 580 g/mol. The molecule has 1 aliphatic heterocycles. The minimum absolute atomic E-state index is 0.264. The summed E-state index contributed by atoms with van der Waals surface area (Å²) in [6.45, 7) is 14.0. The molecule has 0 aliphatic carbocycles. The third kappa shape index (κ3) is 5.81. The van der Waals surface area contributed by atoms with Gasteiger partial charge in [0.2, 0.25) is 0 Å². The van der Waals surface area contributed by atoms with E-state index >= 15 is 0 Å². The van der Waals surface area contributed by atoms with Crippen LogP contribution in [-0.2, 0) is 14.3 Å². The number of carbonyl (C=O) groups is 1. The molecule has 2 atom stereocenters. The molecule has 3 heterocycles. The SMILES string of the molecule is CCOC(=O)C(OC(C)(C)C)c1c(C)cc2nc(-c3ccc4nc(C)n([C@H]5CCNC5)c4c3)sc2c1-c1ccc(Cl)cc1. The Morgan fingerprint density at radius 2 is 1.84 bits per heavy atom. The highest BCUT2D eigenvalue weighted by Crippen LogP contribution is 2.45. The number of nitrogens with zero attached hydrogens (tertiary/aromatic N) is 3. The Balaban J connectivity index is 1.57. The molecule has 0 bridgehead atoms. The molecule has 1 saturated heterocycles. The molecule has 1 unspecified atom stereocenters. The van der Waals surface area contributed by atoms with Crippen molar-refractivity contribution in [1.29, 1.82) is 0 Å². The second kappa shape index (κ2) is 11.7. The number of rotatable bonds is 7. The van der Waals surface area contributed by atoms with Crippen LogP contribution >= 0.6 is 22.9 Å². The molecule has 1 aliphatic rings. The van der Waals surface area contributed by atoms with Crippen LogP contribution in [0.15, 0.2) is 48.5 Å². The number of benzene rings is 3. The Morgan fingerprint density at radius 1 is 1.09 bits per heavy atom. The molecule has 7 nitrogen and oxygen atoms in total. The van der Waals surface area contributed by atoms with E-state index in [4.69, 9.17) is 31.0 Å². The fourth-order valence-electron chi connectivity index (χ4n) is 6.04. The smallest absolute Gasteiger partial charge is 0.339 e. The van der Waals surface area contributed by atoms with Crippen molar-refractivity contribution in [2.75, 3.05) is 19.7 Å². The van der Waals surface area contributed by atoms with Crippen molar-refractivity contribution < 1.29 is 14.3 Å². The van der Waals surface area contributed by atoms with Gasteiger partial charge in [0.15, 0.2) is 6.10 Å². The van der Waals surface area contributed by atoms with E-state index in [0.29, 0.717) is 11.1 Å². The van der Waals surface area contributed by atoms with Crippen LogP contribution in [0, 0.1) is 13.8 Å². The lowest BCUT2D eigenvalue weighted by molar-refractivity contribution is -0.166. The summed E-state index contributed by atoms with van der Waals surface area (Å²) in [5, 5.41) is 5.03. The quantitative estimate of drug-likeness (QED) is 0.186. The number of hydrogen-bond donors (Lipinski definition) is 1. The first-order valence-electron chi connectivity index (χ1n) is 14.8.